The normalized spacial score (nSPS) is 24.2. The molecule has 1 atom stereocenters. The SMILES string of the molecule is C[C@H](CO)CCC1(C)OCCO1. The van der Waals surface area contributed by atoms with Crippen molar-refractivity contribution in [1.29, 1.82) is 0 Å². The van der Waals surface area contributed by atoms with Gasteiger partial charge in [0.25, 0.3) is 0 Å². The number of hydrogen-bond acceptors (Lipinski definition) is 3. The van der Waals surface area contributed by atoms with Gasteiger partial charge < -0.3 is 14.6 Å². The Balaban J connectivity index is 2.21. The summed E-state index contributed by atoms with van der Waals surface area (Å²) in [5.74, 6) is -0.0432. The maximum atomic E-state index is 8.81. The Kier molecular flexibility index (Phi) is 3.50. The third kappa shape index (κ3) is 2.73. The fourth-order valence-corrected chi connectivity index (χ4v) is 1.30. The molecule has 3 heteroatoms. The second-order valence-corrected chi connectivity index (χ2v) is 3.66. The van der Waals surface area contributed by atoms with Crippen molar-refractivity contribution in [2.45, 2.75) is 32.5 Å². The van der Waals surface area contributed by atoms with Crippen LogP contribution in [0, 0.1) is 5.92 Å². The molecule has 0 unspecified atom stereocenters. The molecule has 1 N–H and O–H groups in total. The van der Waals surface area contributed by atoms with E-state index < -0.39 is 0 Å². The summed E-state index contributed by atoms with van der Waals surface area (Å²) in [7, 11) is 0. The van der Waals surface area contributed by atoms with E-state index in [0.29, 0.717) is 19.1 Å². The van der Waals surface area contributed by atoms with Gasteiger partial charge in [-0.15, -0.1) is 0 Å². The van der Waals surface area contributed by atoms with E-state index in [0.717, 1.165) is 12.8 Å². The Morgan fingerprint density at radius 1 is 1.42 bits per heavy atom. The van der Waals surface area contributed by atoms with Gasteiger partial charge in [-0.2, -0.15) is 0 Å². The van der Waals surface area contributed by atoms with Crippen molar-refractivity contribution >= 4 is 0 Å². The predicted octanol–water partition coefficient (Wildman–Crippen LogP) is 1.16. The molecule has 0 bridgehead atoms. The molecule has 1 aliphatic rings. The first-order chi connectivity index (χ1) is 5.66. The van der Waals surface area contributed by atoms with Crippen LogP contribution in [0.2, 0.25) is 0 Å². The highest BCUT2D eigenvalue weighted by Crippen LogP contribution is 2.25. The molecule has 0 aromatic rings. The molecule has 1 aliphatic heterocycles. The minimum absolute atomic E-state index is 0.246. The van der Waals surface area contributed by atoms with Gasteiger partial charge in [0, 0.05) is 13.0 Å². The van der Waals surface area contributed by atoms with E-state index in [1.807, 2.05) is 13.8 Å². The van der Waals surface area contributed by atoms with Crippen molar-refractivity contribution in [1.82, 2.24) is 0 Å². The second-order valence-electron chi connectivity index (χ2n) is 3.66. The maximum Gasteiger partial charge on any atom is 0.165 e. The smallest absolute Gasteiger partial charge is 0.165 e. The van der Waals surface area contributed by atoms with Crippen LogP contribution < -0.4 is 0 Å². The number of hydrogen-bond donors (Lipinski definition) is 1. The standard InChI is InChI=1S/C9H18O3/c1-8(7-10)3-4-9(2)11-5-6-12-9/h8,10H,3-7H2,1-2H3/t8-/m0/s1. The number of aliphatic hydroxyl groups excluding tert-OH is 1. The molecule has 0 saturated carbocycles. The fraction of sp³-hybridized carbons (Fsp3) is 1.00. The lowest BCUT2D eigenvalue weighted by atomic mass is 10.0. The van der Waals surface area contributed by atoms with Crippen molar-refractivity contribution in [2.24, 2.45) is 5.92 Å². The molecular weight excluding hydrogens is 156 g/mol. The maximum absolute atomic E-state index is 8.81. The van der Waals surface area contributed by atoms with Crippen LogP contribution in [0.4, 0.5) is 0 Å². The van der Waals surface area contributed by atoms with Gasteiger partial charge in [0.2, 0.25) is 0 Å². The van der Waals surface area contributed by atoms with Crippen LogP contribution in [0.5, 0.6) is 0 Å². The fourth-order valence-electron chi connectivity index (χ4n) is 1.30. The molecule has 0 radical (unpaired) electrons. The summed E-state index contributed by atoms with van der Waals surface area (Å²) >= 11 is 0. The zero-order chi connectivity index (χ0) is 9.03. The van der Waals surface area contributed by atoms with E-state index in [9.17, 15) is 0 Å². The second kappa shape index (κ2) is 4.21. The Morgan fingerprint density at radius 2 is 2.00 bits per heavy atom. The lowest BCUT2D eigenvalue weighted by Crippen LogP contribution is -2.26. The van der Waals surface area contributed by atoms with Gasteiger partial charge in [0.15, 0.2) is 5.79 Å². The molecule has 1 rings (SSSR count). The van der Waals surface area contributed by atoms with Crippen LogP contribution in [-0.2, 0) is 9.47 Å². The number of rotatable bonds is 4. The Hall–Kier alpha value is -0.120. The average Bonchev–Trinajstić information content (AvgIpc) is 2.49. The molecule has 0 aromatic heterocycles. The molecule has 0 aliphatic carbocycles. The number of aliphatic hydroxyl groups is 1. The lowest BCUT2D eigenvalue weighted by Gasteiger charge is -2.23. The Labute approximate surface area is 73.7 Å². The van der Waals surface area contributed by atoms with Crippen LogP contribution in [0.15, 0.2) is 0 Å². The highest BCUT2D eigenvalue weighted by Gasteiger charge is 2.30. The van der Waals surface area contributed by atoms with E-state index in [2.05, 4.69) is 0 Å². The van der Waals surface area contributed by atoms with Crippen LogP contribution in [0.3, 0.4) is 0 Å². The summed E-state index contributed by atoms with van der Waals surface area (Å²) in [4.78, 5) is 0. The topological polar surface area (TPSA) is 38.7 Å². The first kappa shape index (κ1) is 9.96. The van der Waals surface area contributed by atoms with E-state index in [1.54, 1.807) is 0 Å². The molecule has 3 nitrogen and oxygen atoms in total. The average molecular weight is 174 g/mol. The zero-order valence-electron chi connectivity index (χ0n) is 7.88. The van der Waals surface area contributed by atoms with E-state index >= 15 is 0 Å². The minimum Gasteiger partial charge on any atom is -0.396 e. The van der Waals surface area contributed by atoms with Crippen molar-refractivity contribution in [2.75, 3.05) is 19.8 Å². The van der Waals surface area contributed by atoms with Crippen molar-refractivity contribution in [3.8, 4) is 0 Å². The van der Waals surface area contributed by atoms with Crippen molar-refractivity contribution in [3.63, 3.8) is 0 Å². The summed E-state index contributed by atoms with van der Waals surface area (Å²) in [6, 6.07) is 0. The summed E-state index contributed by atoms with van der Waals surface area (Å²) in [6.07, 6.45) is 1.82. The largest absolute Gasteiger partial charge is 0.396 e. The third-order valence-corrected chi connectivity index (χ3v) is 2.30. The highest BCUT2D eigenvalue weighted by atomic mass is 16.7. The first-order valence-electron chi connectivity index (χ1n) is 4.55. The highest BCUT2D eigenvalue weighted by molar-refractivity contribution is 4.69. The van der Waals surface area contributed by atoms with Gasteiger partial charge in [-0.05, 0) is 19.3 Å². The molecule has 1 heterocycles. The van der Waals surface area contributed by atoms with E-state index in [1.165, 1.54) is 0 Å². The van der Waals surface area contributed by atoms with Gasteiger partial charge in [0.05, 0.1) is 13.2 Å². The summed E-state index contributed by atoms with van der Waals surface area (Å²) in [6.45, 7) is 5.63. The molecule has 0 spiro atoms. The number of ether oxygens (including phenoxy) is 2. The molecule has 1 fully saturated rings. The molecule has 12 heavy (non-hydrogen) atoms. The van der Waals surface area contributed by atoms with Crippen LogP contribution in [-0.4, -0.2) is 30.7 Å². The van der Waals surface area contributed by atoms with Crippen LogP contribution in [0.1, 0.15) is 26.7 Å². The van der Waals surface area contributed by atoms with Crippen molar-refractivity contribution < 1.29 is 14.6 Å². The Morgan fingerprint density at radius 3 is 2.50 bits per heavy atom. The van der Waals surface area contributed by atoms with Gasteiger partial charge in [0.1, 0.15) is 0 Å². The predicted molar refractivity (Wildman–Crippen MR) is 45.8 cm³/mol. The lowest BCUT2D eigenvalue weighted by molar-refractivity contribution is -0.149. The molecule has 0 amide bonds. The molecule has 1 saturated heterocycles. The Bertz CT molecular complexity index is 130. The van der Waals surface area contributed by atoms with Crippen molar-refractivity contribution in [3.05, 3.63) is 0 Å². The zero-order valence-corrected chi connectivity index (χ0v) is 7.88. The minimum atomic E-state index is -0.385. The first-order valence-corrected chi connectivity index (χ1v) is 4.55. The third-order valence-electron chi connectivity index (χ3n) is 2.30. The van der Waals surface area contributed by atoms with E-state index in [-0.39, 0.29) is 12.4 Å². The van der Waals surface area contributed by atoms with Gasteiger partial charge >= 0.3 is 0 Å². The van der Waals surface area contributed by atoms with Gasteiger partial charge in [-0.3, -0.25) is 0 Å². The van der Waals surface area contributed by atoms with Gasteiger partial charge in [-0.25, -0.2) is 0 Å². The monoisotopic (exact) mass is 174 g/mol. The van der Waals surface area contributed by atoms with Crippen LogP contribution >= 0.6 is 0 Å². The quantitative estimate of drug-likeness (QED) is 0.695. The molecular formula is C9H18O3. The van der Waals surface area contributed by atoms with E-state index in [4.69, 9.17) is 14.6 Å². The van der Waals surface area contributed by atoms with Crippen LogP contribution in [0.25, 0.3) is 0 Å². The van der Waals surface area contributed by atoms with Gasteiger partial charge in [-0.1, -0.05) is 6.92 Å². The molecule has 0 aromatic carbocycles. The molecule has 72 valence electrons. The summed E-state index contributed by atoms with van der Waals surface area (Å²) in [5, 5.41) is 8.81. The summed E-state index contributed by atoms with van der Waals surface area (Å²) < 4.78 is 10.9. The summed E-state index contributed by atoms with van der Waals surface area (Å²) in [5.41, 5.74) is 0.